The van der Waals surface area contributed by atoms with Gasteiger partial charge in [-0.2, -0.15) is 0 Å². The highest BCUT2D eigenvalue weighted by atomic mass is 19.1. The highest BCUT2D eigenvalue weighted by molar-refractivity contribution is 5.84. The second-order valence-electron chi connectivity index (χ2n) is 4.26. The topological polar surface area (TPSA) is 38.3 Å². The van der Waals surface area contributed by atoms with Gasteiger partial charge in [-0.1, -0.05) is 12.0 Å². The average Bonchev–Trinajstić information content (AvgIpc) is 2.74. The zero-order valence-electron chi connectivity index (χ0n) is 10.1. The van der Waals surface area contributed by atoms with Crippen LogP contribution in [0.3, 0.4) is 0 Å². The van der Waals surface area contributed by atoms with Crippen molar-refractivity contribution in [1.82, 2.24) is 5.32 Å². The van der Waals surface area contributed by atoms with Crippen LogP contribution in [0.25, 0.3) is 0 Å². The number of rotatable bonds is 3. The Morgan fingerprint density at radius 1 is 1.67 bits per heavy atom. The van der Waals surface area contributed by atoms with Crippen molar-refractivity contribution in [3.63, 3.8) is 0 Å². The summed E-state index contributed by atoms with van der Waals surface area (Å²) in [4.78, 5) is 12.0. The van der Waals surface area contributed by atoms with Crippen LogP contribution in [0.2, 0.25) is 0 Å². The molecule has 1 atom stereocenters. The zero-order chi connectivity index (χ0) is 13.2. The van der Waals surface area contributed by atoms with Crippen molar-refractivity contribution in [1.29, 1.82) is 0 Å². The number of fused-ring (bicyclic) bond motifs is 1. The van der Waals surface area contributed by atoms with Crippen molar-refractivity contribution in [2.75, 3.05) is 13.7 Å². The number of methoxy groups -OCH3 is 1. The lowest BCUT2D eigenvalue weighted by atomic mass is 9.91. The van der Waals surface area contributed by atoms with Gasteiger partial charge >= 0.3 is 5.97 Å². The van der Waals surface area contributed by atoms with E-state index in [0.717, 1.165) is 11.1 Å². The molecule has 4 heteroatoms. The van der Waals surface area contributed by atoms with Gasteiger partial charge in [0.05, 0.1) is 13.7 Å². The van der Waals surface area contributed by atoms with E-state index >= 15 is 0 Å². The molecule has 0 heterocycles. The van der Waals surface area contributed by atoms with Gasteiger partial charge < -0.3 is 4.74 Å². The number of ether oxygens (including phenoxy) is 1. The van der Waals surface area contributed by atoms with Crippen LogP contribution in [0.1, 0.15) is 17.5 Å². The molecule has 1 unspecified atom stereocenters. The van der Waals surface area contributed by atoms with Gasteiger partial charge in [0.15, 0.2) is 0 Å². The minimum atomic E-state index is -0.940. The Hall–Kier alpha value is -1.86. The summed E-state index contributed by atoms with van der Waals surface area (Å²) in [6.07, 6.45) is 6.38. The van der Waals surface area contributed by atoms with Gasteiger partial charge in [-0.3, -0.25) is 5.32 Å². The summed E-state index contributed by atoms with van der Waals surface area (Å²) in [6.45, 7) is 0.256. The summed E-state index contributed by atoms with van der Waals surface area (Å²) in [7, 11) is 1.34. The summed E-state index contributed by atoms with van der Waals surface area (Å²) in [5, 5.41) is 3.04. The molecule has 0 aromatic heterocycles. The smallest absolute Gasteiger partial charge is 0.330 e. The molecule has 0 aliphatic heterocycles. The quantitative estimate of drug-likeness (QED) is 0.647. The number of carbonyl (C=O) groups is 1. The van der Waals surface area contributed by atoms with E-state index < -0.39 is 5.54 Å². The largest absolute Gasteiger partial charge is 0.467 e. The minimum absolute atomic E-state index is 0.256. The van der Waals surface area contributed by atoms with Crippen molar-refractivity contribution in [2.24, 2.45) is 0 Å². The molecule has 1 aliphatic carbocycles. The Labute approximate surface area is 105 Å². The Bertz CT molecular complexity index is 521. The zero-order valence-corrected chi connectivity index (χ0v) is 10.1. The second kappa shape index (κ2) is 4.79. The normalized spacial score (nSPS) is 21.2. The first-order chi connectivity index (χ1) is 8.64. The van der Waals surface area contributed by atoms with Gasteiger partial charge in [0, 0.05) is 0 Å². The molecular formula is C14H14FNO2. The number of hydrogen-bond acceptors (Lipinski definition) is 3. The number of carbonyl (C=O) groups excluding carboxylic acids is 1. The maximum absolute atomic E-state index is 13.2. The van der Waals surface area contributed by atoms with Gasteiger partial charge in [0.1, 0.15) is 11.4 Å². The molecule has 3 nitrogen and oxygen atoms in total. The maximum atomic E-state index is 13.2. The number of terminal acetylenes is 1. The predicted octanol–water partition coefficient (Wildman–Crippen LogP) is 1.36. The average molecular weight is 247 g/mol. The van der Waals surface area contributed by atoms with Crippen LogP contribution in [-0.4, -0.2) is 19.6 Å². The second-order valence-corrected chi connectivity index (χ2v) is 4.26. The van der Waals surface area contributed by atoms with Crippen LogP contribution in [0, 0.1) is 18.2 Å². The van der Waals surface area contributed by atoms with Crippen molar-refractivity contribution in [2.45, 2.75) is 18.4 Å². The van der Waals surface area contributed by atoms with Gasteiger partial charge in [-0.15, -0.1) is 6.42 Å². The summed E-state index contributed by atoms with van der Waals surface area (Å²) < 4.78 is 18.0. The molecule has 1 aromatic rings. The fourth-order valence-electron chi connectivity index (χ4n) is 2.49. The first-order valence-corrected chi connectivity index (χ1v) is 5.70. The van der Waals surface area contributed by atoms with Crippen molar-refractivity contribution in [3.8, 4) is 12.3 Å². The fourth-order valence-corrected chi connectivity index (χ4v) is 2.49. The summed E-state index contributed by atoms with van der Waals surface area (Å²) in [5.74, 6) is 1.76. The molecule has 0 bridgehead atoms. The van der Waals surface area contributed by atoms with Gasteiger partial charge in [0.25, 0.3) is 0 Å². The van der Waals surface area contributed by atoms with Crippen LogP contribution < -0.4 is 5.32 Å². The Morgan fingerprint density at radius 2 is 2.44 bits per heavy atom. The molecule has 0 radical (unpaired) electrons. The van der Waals surface area contributed by atoms with E-state index in [4.69, 9.17) is 11.2 Å². The molecule has 18 heavy (non-hydrogen) atoms. The molecule has 0 saturated heterocycles. The predicted molar refractivity (Wildman–Crippen MR) is 65.3 cm³/mol. The van der Waals surface area contributed by atoms with E-state index in [9.17, 15) is 9.18 Å². The molecule has 94 valence electrons. The Kier molecular flexibility index (Phi) is 3.35. The minimum Gasteiger partial charge on any atom is -0.467 e. The number of esters is 1. The van der Waals surface area contributed by atoms with Crippen LogP contribution in [-0.2, 0) is 21.5 Å². The van der Waals surface area contributed by atoms with E-state index in [1.54, 1.807) is 6.07 Å². The number of benzene rings is 1. The number of halogens is 1. The lowest BCUT2D eigenvalue weighted by molar-refractivity contribution is -0.149. The van der Waals surface area contributed by atoms with Crippen LogP contribution in [0.4, 0.5) is 4.39 Å². The van der Waals surface area contributed by atoms with Crippen molar-refractivity contribution < 1.29 is 13.9 Å². The molecule has 1 N–H and O–H groups in total. The number of aryl methyl sites for hydroxylation is 1. The standard InChI is InChI=1S/C14H14FNO2/c1-3-8-16-14(13(17)18-2)7-6-10-9-11(15)4-5-12(10)14/h1,4-5,9,16H,6-8H2,2H3. The highest BCUT2D eigenvalue weighted by Crippen LogP contribution is 2.38. The third-order valence-electron chi connectivity index (χ3n) is 3.32. The van der Waals surface area contributed by atoms with E-state index in [-0.39, 0.29) is 18.3 Å². The van der Waals surface area contributed by atoms with Crippen LogP contribution in [0.5, 0.6) is 0 Å². The lowest BCUT2D eigenvalue weighted by Crippen LogP contribution is -2.48. The Balaban J connectivity index is 2.46. The number of hydrogen-bond donors (Lipinski definition) is 1. The third kappa shape index (κ3) is 1.87. The maximum Gasteiger partial charge on any atom is 0.330 e. The molecule has 0 spiro atoms. The summed E-state index contributed by atoms with van der Waals surface area (Å²) in [5.41, 5.74) is 0.639. The molecule has 1 aromatic carbocycles. The lowest BCUT2D eigenvalue weighted by Gasteiger charge is -2.27. The van der Waals surface area contributed by atoms with Gasteiger partial charge in [0.2, 0.25) is 0 Å². The summed E-state index contributed by atoms with van der Waals surface area (Å²) in [6, 6.07) is 4.43. The van der Waals surface area contributed by atoms with Gasteiger partial charge in [-0.25, -0.2) is 9.18 Å². The monoisotopic (exact) mass is 247 g/mol. The molecule has 0 fully saturated rings. The molecule has 0 amide bonds. The third-order valence-corrected chi connectivity index (χ3v) is 3.32. The van der Waals surface area contributed by atoms with Gasteiger partial charge in [-0.05, 0) is 36.1 Å². The first kappa shape index (κ1) is 12.6. The van der Waals surface area contributed by atoms with Crippen LogP contribution in [0.15, 0.2) is 18.2 Å². The molecular weight excluding hydrogens is 233 g/mol. The van der Waals surface area contributed by atoms with Crippen molar-refractivity contribution in [3.05, 3.63) is 35.1 Å². The van der Waals surface area contributed by atoms with E-state index in [2.05, 4.69) is 11.2 Å². The fraction of sp³-hybridized carbons (Fsp3) is 0.357. The summed E-state index contributed by atoms with van der Waals surface area (Å²) >= 11 is 0. The van der Waals surface area contributed by atoms with Crippen LogP contribution >= 0.6 is 0 Å². The molecule has 2 rings (SSSR count). The first-order valence-electron chi connectivity index (χ1n) is 5.70. The number of nitrogens with one attached hydrogen (secondary N) is 1. The molecule has 1 aliphatic rings. The SMILES string of the molecule is C#CCNC1(C(=O)OC)CCc2cc(F)ccc21. The van der Waals surface area contributed by atoms with E-state index in [1.165, 1.54) is 19.2 Å². The highest BCUT2D eigenvalue weighted by Gasteiger charge is 2.46. The van der Waals surface area contributed by atoms with E-state index in [0.29, 0.717) is 12.8 Å². The van der Waals surface area contributed by atoms with Crippen molar-refractivity contribution >= 4 is 5.97 Å². The molecule has 0 saturated carbocycles. The Morgan fingerprint density at radius 3 is 3.11 bits per heavy atom. The van der Waals surface area contributed by atoms with E-state index in [1.807, 2.05) is 0 Å².